The van der Waals surface area contributed by atoms with E-state index >= 15 is 0 Å². The molecule has 0 radical (unpaired) electrons. The number of fused-ring (bicyclic) bond motifs is 1. The van der Waals surface area contributed by atoms with Crippen LogP contribution in [-0.4, -0.2) is 37.2 Å². The molecular weight excluding hydrogens is 408 g/mol. The molecule has 4 aromatic rings. The molecule has 8 heteroatoms. The molecule has 0 bridgehead atoms. The topological polar surface area (TPSA) is 68.3 Å². The first kappa shape index (κ1) is 19.8. The van der Waals surface area contributed by atoms with Crippen LogP contribution in [0.4, 0.5) is 5.95 Å². The van der Waals surface area contributed by atoms with Crippen molar-refractivity contribution in [2.24, 2.45) is 0 Å². The summed E-state index contributed by atoms with van der Waals surface area (Å²) in [6, 6.07) is 13.9. The number of hydrogen-bond donors (Lipinski definition) is 0. The lowest BCUT2D eigenvalue weighted by Gasteiger charge is -2.18. The minimum Gasteiger partial charge on any atom is -0.341 e. The third kappa shape index (κ3) is 3.83. The molecule has 1 saturated heterocycles. The van der Waals surface area contributed by atoms with Crippen LogP contribution in [0.1, 0.15) is 29.7 Å². The van der Waals surface area contributed by atoms with E-state index in [0.29, 0.717) is 11.4 Å². The van der Waals surface area contributed by atoms with E-state index < -0.39 is 0 Å². The van der Waals surface area contributed by atoms with Gasteiger partial charge in [0.1, 0.15) is 5.65 Å². The number of nitrogens with zero attached hydrogens (tertiary/aromatic N) is 6. The van der Waals surface area contributed by atoms with E-state index in [1.807, 2.05) is 19.1 Å². The lowest BCUT2D eigenvalue weighted by atomic mass is 10.2. The molecule has 0 spiro atoms. The summed E-state index contributed by atoms with van der Waals surface area (Å²) in [4.78, 5) is 19.6. The van der Waals surface area contributed by atoms with Gasteiger partial charge in [0.05, 0.1) is 11.4 Å². The summed E-state index contributed by atoms with van der Waals surface area (Å²) in [7, 11) is 0. The molecular formula is C23H24N6OS. The minimum absolute atomic E-state index is 0.0675. The zero-order valence-corrected chi connectivity index (χ0v) is 18.5. The molecule has 3 aromatic heterocycles. The summed E-state index contributed by atoms with van der Waals surface area (Å²) in [5.41, 5.74) is 4.61. The average molecular weight is 433 g/mol. The van der Waals surface area contributed by atoms with Crippen molar-refractivity contribution in [3.63, 3.8) is 0 Å². The van der Waals surface area contributed by atoms with Crippen molar-refractivity contribution >= 4 is 23.4 Å². The lowest BCUT2D eigenvalue weighted by Crippen LogP contribution is -2.22. The van der Waals surface area contributed by atoms with Crippen LogP contribution in [0.2, 0.25) is 0 Å². The van der Waals surface area contributed by atoms with Crippen molar-refractivity contribution < 1.29 is 0 Å². The third-order valence-corrected chi connectivity index (χ3v) is 6.55. The van der Waals surface area contributed by atoms with Gasteiger partial charge >= 0.3 is 0 Å². The molecule has 5 rings (SSSR count). The smallest absolute Gasteiger partial charge is 0.258 e. The molecule has 0 N–H and O–H groups in total. The third-order valence-electron chi connectivity index (χ3n) is 5.59. The van der Waals surface area contributed by atoms with E-state index in [-0.39, 0.29) is 5.56 Å². The fourth-order valence-electron chi connectivity index (χ4n) is 3.92. The second-order valence-corrected chi connectivity index (χ2v) is 8.85. The van der Waals surface area contributed by atoms with Crippen molar-refractivity contribution in [1.82, 2.24) is 24.1 Å². The Morgan fingerprint density at radius 2 is 1.81 bits per heavy atom. The maximum absolute atomic E-state index is 12.5. The Balaban J connectivity index is 1.49. The molecule has 0 saturated carbocycles. The molecule has 0 atom stereocenters. The van der Waals surface area contributed by atoms with Gasteiger partial charge in [-0.25, -0.2) is 4.98 Å². The Labute approximate surface area is 184 Å². The quantitative estimate of drug-likeness (QED) is 0.447. The summed E-state index contributed by atoms with van der Waals surface area (Å²) in [6.45, 7) is 6.04. The fraction of sp³-hybridized carbons (Fsp3) is 0.304. The van der Waals surface area contributed by atoms with E-state index in [1.54, 1.807) is 28.4 Å². The first-order valence-electron chi connectivity index (χ1n) is 10.5. The Bertz CT molecular complexity index is 1290. The van der Waals surface area contributed by atoms with Crippen LogP contribution in [0.3, 0.4) is 0 Å². The highest BCUT2D eigenvalue weighted by Gasteiger charge is 2.22. The molecule has 31 heavy (non-hydrogen) atoms. The molecule has 0 aliphatic carbocycles. The van der Waals surface area contributed by atoms with Crippen LogP contribution in [0.25, 0.3) is 11.3 Å². The van der Waals surface area contributed by atoms with Crippen LogP contribution < -0.4 is 10.5 Å². The molecule has 4 heterocycles. The monoisotopic (exact) mass is 432 g/mol. The van der Waals surface area contributed by atoms with Gasteiger partial charge in [-0.1, -0.05) is 35.5 Å². The zero-order valence-electron chi connectivity index (χ0n) is 17.7. The van der Waals surface area contributed by atoms with Gasteiger partial charge in [0, 0.05) is 31.1 Å². The minimum atomic E-state index is -0.0675. The van der Waals surface area contributed by atoms with E-state index in [1.165, 1.54) is 18.4 Å². The van der Waals surface area contributed by atoms with Crippen molar-refractivity contribution in [2.75, 3.05) is 18.0 Å². The second-order valence-electron chi connectivity index (χ2n) is 7.91. The Morgan fingerprint density at radius 1 is 1.03 bits per heavy atom. The van der Waals surface area contributed by atoms with Gasteiger partial charge in [0.2, 0.25) is 5.95 Å². The number of rotatable bonds is 5. The van der Waals surface area contributed by atoms with Gasteiger partial charge in [0.25, 0.3) is 5.56 Å². The van der Waals surface area contributed by atoms with Gasteiger partial charge in [-0.15, -0.1) is 10.2 Å². The summed E-state index contributed by atoms with van der Waals surface area (Å²) >= 11 is 1.55. The van der Waals surface area contributed by atoms with Gasteiger partial charge < -0.3 is 4.90 Å². The Kier molecular flexibility index (Phi) is 5.23. The standard InChI is InChI=1S/C23H24N6OS/c1-16-7-9-19(10-8-16)29-22(27-11-3-4-12-27)25-26-23(29)31-15-18-14-20(30)28-13-5-6-17(2)21(28)24-18/h5-10,13-14H,3-4,11-12,15H2,1-2H3. The number of hydrogen-bond acceptors (Lipinski definition) is 6. The molecule has 0 unspecified atom stereocenters. The van der Waals surface area contributed by atoms with Gasteiger partial charge in [-0.3, -0.25) is 13.8 Å². The number of anilines is 1. The average Bonchev–Trinajstić information content (AvgIpc) is 3.43. The largest absolute Gasteiger partial charge is 0.341 e. The number of pyridine rings is 1. The van der Waals surface area contributed by atoms with Crippen LogP contribution >= 0.6 is 11.8 Å². The zero-order chi connectivity index (χ0) is 21.4. The predicted molar refractivity (Wildman–Crippen MR) is 123 cm³/mol. The van der Waals surface area contributed by atoms with Crippen molar-refractivity contribution in [3.05, 3.63) is 75.8 Å². The lowest BCUT2D eigenvalue weighted by molar-refractivity contribution is 0.840. The number of thioether (sulfide) groups is 1. The molecule has 1 fully saturated rings. The van der Waals surface area contributed by atoms with Crippen LogP contribution in [0.5, 0.6) is 0 Å². The summed E-state index contributed by atoms with van der Waals surface area (Å²) < 4.78 is 3.71. The van der Waals surface area contributed by atoms with Gasteiger partial charge in [-0.05, 0) is 50.5 Å². The normalized spacial score (nSPS) is 13.9. The second kappa shape index (κ2) is 8.19. The number of benzene rings is 1. The maximum Gasteiger partial charge on any atom is 0.258 e. The fourth-order valence-corrected chi connectivity index (χ4v) is 4.76. The highest BCUT2D eigenvalue weighted by molar-refractivity contribution is 7.98. The first-order valence-corrected chi connectivity index (χ1v) is 11.5. The van der Waals surface area contributed by atoms with E-state index in [0.717, 1.165) is 41.1 Å². The molecule has 1 aromatic carbocycles. The molecule has 158 valence electrons. The predicted octanol–water partition coefficient (Wildman–Crippen LogP) is 3.78. The van der Waals surface area contributed by atoms with Gasteiger partial charge in [0.15, 0.2) is 5.16 Å². The van der Waals surface area contributed by atoms with Crippen molar-refractivity contribution in [2.45, 2.75) is 37.6 Å². The van der Waals surface area contributed by atoms with E-state index in [9.17, 15) is 4.79 Å². The van der Waals surface area contributed by atoms with E-state index in [2.05, 4.69) is 50.9 Å². The van der Waals surface area contributed by atoms with Gasteiger partial charge in [-0.2, -0.15) is 0 Å². The number of aromatic nitrogens is 5. The highest BCUT2D eigenvalue weighted by atomic mass is 32.2. The molecule has 1 aliphatic rings. The van der Waals surface area contributed by atoms with Crippen LogP contribution in [0.15, 0.2) is 58.6 Å². The van der Waals surface area contributed by atoms with E-state index in [4.69, 9.17) is 4.98 Å². The molecule has 7 nitrogen and oxygen atoms in total. The summed E-state index contributed by atoms with van der Waals surface area (Å²) in [6.07, 6.45) is 4.10. The number of aryl methyl sites for hydroxylation is 2. The molecule has 1 aliphatic heterocycles. The van der Waals surface area contributed by atoms with Crippen LogP contribution in [-0.2, 0) is 5.75 Å². The Morgan fingerprint density at radius 3 is 2.58 bits per heavy atom. The summed E-state index contributed by atoms with van der Waals surface area (Å²) in [5, 5.41) is 9.83. The van der Waals surface area contributed by atoms with Crippen molar-refractivity contribution in [1.29, 1.82) is 0 Å². The first-order chi connectivity index (χ1) is 15.1. The van der Waals surface area contributed by atoms with Crippen molar-refractivity contribution in [3.8, 4) is 5.69 Å². The highest BCUT2D eigenvalue weighted by Crippen LogP contribution is 2.30. The van der Waals surface area contributed by atoms with Crippen LogP contribution in [0, 0.1) is 13.8 Å². The summed E-state index contributed by atoms with van der Waals surface area (Å²) in [5.74, 6) is 1.43. The molecule has 0 amide bonds. The SMILES string of the molecule is Cc1ccc(-n2c(SCc3cc(=O)n4cccc(C)c4n3)nnc2N2CCCC2)cc1. The Hall–Kier alpha value is -3.13. The maximum atomic E-state index is 12.5.